The van der Waals surface area contributed by atoms with Gasteiger partial charge in [0.1, 0.15) is 16.8 Å². The Labute approximate surface area is 190 Å². The van der Waals surface area contributed by atoms with E-state index in [1.165, 1.54) is 11.8 Å². The summed E-state index contributed by atoms with van der Waals surface area (Å²) in [5, 5.41) is 6.81. The van der Waals surface area contributed by atoms with Crippen LogP contribution in [0.4, 0.5) is 11.4 Å². The second-order valence-corrected chi connectivity index (χ2v) is 8.61. The minimum atomic E-state index is -0.533. The van der Waals surface area contributed by atoms with Crippen LogP contribution in [0.1, 0.15) is 16.8 Å². The number of nitrogens with zero attached hydrogens (tertiary/aromatic N) is 4. The molecule has 2 aromatic carbocycles. The number of amides is 2. The molecule has 2 amide bonds. The molecule has 9 nitrogen and oxygen atoms in total. The zero-order valence-corrected chi connectivity index (χ0v) is 18.5. The highest BCUT2D eigenvalue weighted by atomic mass is 32.1. The first-order chi connectivity index (χ1) is 15.8. The van der Waals surface area contributed by atoms with Gasteiger partial charge in [-0.05, 0) is 37.6 Å². The first-order valence-corrected chi connectivity index (χ1v) is 10.9. The van der Waals surface area contributed by atoms with Crippen molar-refractivity contribution < 1.29 is 9.59 Å². The van der Waals surface area contributed by atoms with Crippen molar-refractivity contribution in [1.82, 2.24) is 14.6 Å². The third-order valence-electron chi connectivity index (χ3n) is 5.27. The Hall–Kier alpha value is -4.18. The molecule has 0 fully saturated rings. The summed E-state index contributed by atoms with van der Waals surface area (Å²) >= 11 is 0.928. The predicted octanol–water partition coefficient (Wildman–Crippen LogP) is 1.03. The Morgan fingerprint density at radius 3 is 2.64 bits per heavy atom. The number of aromatic nitrogens is 3. The molecular formula is C23H17N5O4S. The fraction of sp³-hybridized carbons (Fsp3) is 0.130. The predicted molar refractivity (Wildman–Crippen MR) is 124 cm³/mol. The zero-order valence-electron chi connectivity index (χ0n) is 17.7. The summed E-state index contributed by atoms with van der Waals surface area (Å²) in [6.45, 7) is 3.16. The minimum absolute atomic E-state index is 0.0894. The second-order valence-electron chi connectivity index (χ2n) is 7.63. The number of benzene rings is 2. The average molecular weight is 459 g/mol. The van der Waals surface area contributed by atoms with E-state index in [9.17, 15) is 19.2 Å². The van der Waals surface area contributed by atoms with Gasteiger partial charge in [-0.25, -0.2) is 0 Å². The Morgan fingerprint density at radius 2 is 1.85 bits per heavy atom. The summed E-state index contributed by atoms with van der Waals surface area (Å²) < 4.78 is 1.16. The van der Waals surface area contributed by atoms with E-state index in [-0.39, 0.29) is 33.2 Å². The molecule has 0 radical (unpaired) electrons. The van der Waals surface area contributed by atoms with E-state index in [4.69, 9.17) is 0 Å². The van der Waals surface area contributed by atoms with Gasteiger partial charge in [0.05, 0.1) is 11.3 Å². The summed E-state index contributed by atoms with van der Waals surface area (Å²) in [5.41, 5.74) is 1.89. The molecule has 2 aromatic heterocycles. The van der Waals surface area contributed by atoms with Gasteiger partial charge in [0.15, 0.2) is 0 Å². The molecule has 10 heteroatoms. The topological polar surface area (TPSA) is 114 Å². The molecule has 1 aliphatic rings. The highest BCUT2D eigenvalue weighted by Crippen LogP contribution is 2.35. The largest absolute Gasteiger partial charge is 0.325 e. The Morgan fingerprint density at radius 1 is 1.06 bits per heavy atom. The Kier molecular flexibility index (Phi) is 4.86. The van der Waals surface area contributed by atoms with E-state index < -0.39 is 17.0 Å². The molecule has 0 atom stereocenters. The van der Waals surface area contributed by atoms with Crippen LogP contribution < -0.4 is 25.9 Å². The van der Waals surface area contributed by atoms with Crippen molar-refractivity contribution >= 4 is 45.1 Å². The SMILES string of the molecule is Cc1cccc(NC(=O)CN2C(=O)/C(=c3\sc4nc(=O)c(C)nn4c3=O)c3ccccc32)c1. The van der Waals surface area contributed by atoms with Crippen LogP contribution in [0.5, 0.6) is 0 Å². The van der Waals surface area contributed by atoms with Crippen molar-refractivity contribution in [3.63, 3.8) is 0 Å². The van der Waals surface area contributed by atoms with Crippen molar-refractivity contribution in [2.24, 2.45) is 0 Å². The number of para-hydroxylation sites is 1. The maximum atomic E-state index is 13.4. The number of nitrogens with one attached hydrogen (secondary N) is 1. The number of thiazole rings is 1. The molecule has 0 saturated heterocycles. The van der Waals surface area contributed by atoms with Crippen molar-refractivity contribution in [1.29, 1.82) is 0 Å². The summed E-state index contributed by atoms with van der Waals surface area (Å²) in [6.07, 6.45) is 0. The molecule has 5 rings (SSSR count). The van der Waals surface area contributed by atoms with Crippen LogP contribution in [0.25, 0.3) is 10.5 Å². The van der Waals surface area contributed by atoms with Gasteiger partial charge < -0.3 is 5.32 Å². The lowest BCUT2D eigenvalue weighted by Gasteiger charge is -2.16. The van der Waals surface area contributed by atoms with Crippen molar-refractivity contribution in [3.8, 4) is 0 Å². The molecule has 4 aromatic rings. The molecule has 0 aliphatic carbocycles. The van der Waals surface area contributed by atoms with E-state index in [1.807, 2.05) is 25.1 Å². The maximum absolute atomic E-state index is 13.4. The normalized spacial score (nSPS) is 14.6. The number of aryl methyl sites for hydroxylation is 2. The fourth-order valence-corrected chi connectivity index (χ4v) is 4.76. The number of carbonyl (C=O) groups excluding carboxylic acids is 2. The van der Waals surface area contributed by atoms with Crippen molar-refractivity contribution in [2.75, 3.05) is 16.8 Å². The summed E-state index contributed by atoms with van der Waals surface area (Å²) in [4.78, 5) is 56.4. The molecule has 0 saturated carbocycles. The quantitative estimate of drug-likeness (QED) is 0.490. The van der Waals surface area contributed by atoms with Crippen LogP contribution in [-0.2, 0) is 9.59 Å². The number of hydrogen-bond acceptors (Lipinski definition) is 7. The molecular weight excluding hydrogens is 442 g/mol. The summed E-state index contributed by atoms with van der Waals surface area (Å²) in [7, 11) is 0. The van der Waals surface area contributed by atoms with Crippen molar-refractivity contribution in [3.05, 3.63) is 90.6 Å². The third kappa shape index (κ3) is 3.50. The van der Waals surface area contributed by atoms with Crippen molar-refractivity contribution in [2.45, 2.75) is 13.8 Å². The van der Waals surface area contributed by atoms with E-state index >= 15 is 0 Å². The molecule has 0 unspecified atom stereocenters. The van der Waals surface area contributed by atoms with Crippen LogP contribution in [0.15, 0.2) is 58.1 Å². The number of hydrogen-bond donors (Lipinski definition) is 1. The molecule has 1 aliphatic heterocycles. The van der Waals surface area contributed by atoms with E-state index in [1.54, 1.807) is 30.3 Å². The van der Waals surface area contributed by atoms with Gasteiger partial charge in [-0.1, -0.05) is 41.7 Å². The van der Waals surface area contributed by atoms with Gasteiger partial charge in [-0.3, -0.25) is 24.1 Å². The van der Waals surface area contributed by atoms with Gasteiger partial charge in [0.2, 0.25) is 10.9 Å². The number of rotatable bonds is 3. The standard InChI is InChI=1S/C23H17N5O4S/c1-12-6-5-7-14(10-12)24-17(29)11-27-16-9-4-3-8-15(16)18(21(27)31)19-22(32)28-23(33-19)25-20(30)13(2)26-28/h3-10H,11H2,1-2H3,(H,24,29)/b19-18-. The Bertz CT molecular complexity index is 1640. The smallest absolute Gasteiger partial charge is 0.295 e. The third-order valence-corrected chi connectivity index (χ3v) is 6.30. The first kappa shape index (κ1) is 20.7. The summed E-state index contributed by atoms with van der Waals surface area (Å²) in [5.74, 6) is -0.841. The highest BCUT2D eigenvalue weighted by molar-refractivity contribution is 7.15. The van der Waals surface area contributed by atoms with E-state index in [0.29, 0.717) is 16.9 Å². The number of anilines is 2. The lowest BCUT2D eigenvalue weighted by molar-refractivity contribution is -0.118. The maximum Gasteiger partial charge on any atom is 0.295 e. The van der Waals surface area contributed by atoms with E-state index in [2.05, 4.69) is 15.4 Å². The zero-order chi connectivity index (χ0) is 23.3. The van der Waals surface area contributed by atoms with Crippen LogP contribution in [0, 0.1) is 13.8 Å². The van der Waals surface area contributed by atoms with Crippen LogP contribution in [0.2, 0.25) is 0 Å². The average Bonchev–Trinajstić information content (AvgIpc) is 3.22. The monoisotopic (exact) mass is 459 g/mol. The molecule has 0 spiro atoms. The van der Waals surface area contributed by atoms with Crippen LogP contribution >= 0.6 is 11.3 Å². The highest BCUT2D eigenvalue weighted by Gasteiger charge is 2.35. The van der Waals surface area contributed by atoms with Gasteiger partial charge in [0.25, 0.3) is 17.0 Å². The van der Waals surface area contributed by atoms with Crippen LogP contribution in [-0.4, -0.2) is 33.0 Å². The second kappa shape index (κ2) is 7.75. The molecule has 164 valence electrons. The van der Waals surface area contributed by atoms with Gasteiger partial charge in [-0.2, -0.15) is 14.6 Å². The first-order valence-electron chi connectivity index (χ1n) is 10.1. The van der Waals surface area contributed by atoms with E-state index in [0.717, 1.165) is 21.4 Å². The van der Waals surface area contributed by atoms with Crippen LogP contribution in [0.3, 0.4) is 0 Å². The molecule has 1 N–H and O–H groups in total. The lowest BCUT2D eigenvalue weighted by Crippen LogP contribution is -2.37. The van der Waals surface area contributed by atoms with Gasteiger partial charge in [-0.15, -0.1) is 0 Å². The Balaban J connectivity index is 1.59. The van der Waals surface area contributed by atoms with Gasteiger partial charge >= 0.3 is 0 Å². The fourth-order valence-electron chi connectivity index (χ4n) is 3.76. The van der Waals surface area contributed by atoms with Gasteiger partial charge in [0, 0.05) is 11.3 Å². The number of carbonyl (C=O) groups is 2. The molecule has 3 heterocycles. The lowest BCUT2D eigenvalue weighted by atomic mass is 10.1. The summed E-state index contributed by atoms with van der Waals surface area (Å²) in [6, 6.07) is 14.3. The molecule has 0 bridgehead atoms. The molecule has 33 heavy (non-hydrogen) atoms. The number of fused-ring (bicyclic) bond motifs is 2. The minimum Gasteiger partial charge on any atom is -0.325 e.